The summed E-state index contributed by atoms with van der Waals surface area (Å²) in [6, 6.07) is 0.853. The van der Waals surface area contributed by atoms with Crippen molar-refractivity contribution < 1.29 is 27.5 Å². The predicted molar refractivity (Wildman–Crippen MR) is 50.5 cm³/mol. The van der Waals surface area contributed by atoms with Gasteiger partial charge in [0.2, 0.25) is 0 Å². The Morgan fingerprint density at radius 3 is 2.44 bits per heavy atom. The van der Waals surface area contributed by atoms with Crippen molar-refractivity contribution in [1.29, 1.82) is 0 Å². The second-order valence-electron chi connectivity index (χ2n) is 2.74. The molecular formula is C8H4BrF4NO2. The number of amides is 1. The maximum absolute atomic E-state index is 12.7. The van der Waals surface area contributed by atoms with Gasteiger partial charge in [0.1, 0.15) is 5.82 Å². The third kappa shape index (κ3) is 2.84. The standard InChI is InChI=1S/C8H4BrF4NO2/c9-8(12,13)7(16)14-5-2-3(10)1-4(11)6(5)15/h1-2,15H,(H,14,16). The molecule has 8 heteroatoms. The Labute approximate surface area is 95.2 Å². The Bertz CT molecular complexity index is 433. The van der Waals surface area contributed by atoms with Gasteiger partial charge in [-0.1, -0.05) is 0 Å². The topological polar surface area (TPSA) is 49.3 Å². The van der Waals surface area contributed by atoms with Crippen LogP contribution in [-0.2, 0) is 4.79 Å². The Morgan fingerprint density at radius 2 is 1.94 bits per heavy atom. The van der Waals surface area contributed by atoms with Crippen LogP contribution in [0.4, 0.5) is 23.2 Å². The molecule has 0 aliphatic heterocycles. The van der Waals surface area contributed by atoms with E-state index in [2.05, 4.69) is 0 Å². The molecule has 16 heavy (non-hydrogen) atoms. The summed E-state index contributed by atoms with van der Waals surface area (Å²) >= 11 is 1.75. The molecule has 0 saturated carbocycles. The normalized spacial score (nSPS) is 11.3. The van der Waals surface area contributed by atoms with Gasteiger partial charge >= 0.3 is 10.7 Å². The fourth-order valence-electron chi connectivity index (χ4n) is 0.854. The van der Waals surface area contributed by atoms with Crippen LogP contribution in [-0.4, -0.2) is 15.8 Å². The Kier molecular flexibility index (Phi) is 3.41. The number of phenols is 1. The molecule has 3 nitrogen and oxygen atoms in total. The smallest absolute Gasteiger partial charge is 0.378 e. The van der Waals surface area contributed by atoms with Gasteiger partial charge in [-0.2, -0.15) is 8.78 Å². The second-order valence-corrected chi connectivity index (χ2v) is 3.73. The third-order valence-corrected chi connectivity index (χ3v) is 1.89. The minimum atomic E-state index is -3.90. The first kappa shape index (κ1) is 12.8. The first-order valence-corrected chi connectivity index (χ1v) is 4.57. The SMILES string of the molecule is O=C(Nc1cc(F)cc(F)c1O)C(F)(F)Br. The lowest BCUT2D eigenvalue weighted by Gasteiger charge is -2.11. The van der Waals surface area contributed by atoms with E-state index < -0.39 is 33.8 Å². The summed E-state index contributed by atoms with van der Waals surface area (Å²) in [4.78, 5) is 6.84. The lowest BCUT2D eigenvalue weighted by molar-refractivity contribution is -0.128. The van der Waals surface area contributed by atoms with Crippen molar-refractivity contribution in [3.05, 3.63) is 23.8 Å². The van der Waals surface area contributed by atoms with E-state index in [9.17, 15) is 22.4 Å². The number of phenolic OH excluding ortho intramolecular Hbond substituents is 1. The lowest BCUT2D eigenvalue weighted by Crippen LogP contribution is -2.28. The second kappa shape index (κ2) is 4.28. The molecule has 1 amide bonds. The molecule has 0 aromatic heterocycles. The predicted octanol–water partition coefficient (Wildman–Crippen LogP) is 2.60. The fourth-order valence-corrected chi connectivity index (χ4v) is 0.954. The molecule has 0 heterocycles. The highest BCUT2D eigenvalue weighted by Crippen LogP contribution is 2.30. The molecular weight excluding hydrogens is 298 g/mol. The van der Waals surface area contributed by atoms with Gasteiger partial charge in [0, 0.05) is 28.1 Å². The van der Waals surface area contributed by atoms with Crippen LogP contribution in [0.2, 0.25) is 0 Å². The molecule has 0 aliphatic rings. The molecule has 1 aromatic rings. The molecule has 0 bridgehead atoms. The summed E-state index contributed by atoms with van der Waals surface area (Å²) in [5.41, 5.74) is -0.776. The highest BCUT2D eigenvalue weighted by molar-refractivity contribution is 9.10. The molecule has 2 N–H and O–H groups in total. The molecule has 0 spiro atoms. The van der Waals surface area contributed by atoms with E-state index >= 15 is 0 Å². The first-order chi connectivity index (χ1) is 7.21. The van der Waals surface area contributed by atoms with Crippen molar-refractivity contribution >= 4 is 27.5 Å². The van der Waals surface area contributed by atoms with Crippen molar-refractivity contribution in [3.8, 4) is 5.75 Å². The van der Waals surface area contributed by atoms with Crippen molar-refractivity contribution in [2.45, 2.75) is 4.83 Å². The van der Waals surface area contributed by atoms with Gasteiger partial charge in [-0.25, -0.2) is 8.78 Å². The number of halogens is 5. The van der Waals surface area contributed by atoms with E-state index in [1.165, 1.54) is 5.32 Å². The maximum atomic E-state index is 12.7. The van der Waals surface area contributed by atoms with Gasteiger partial charge < -0.3 is 10.4 Å². The quantitative estimate of drug-likeness (QED) is 0.501. The largest absolute Gasteiger partial charge is 0.503 e. The zero-order chi connectivity index (χ0) is 12.5. The third-order valence-electron chi connectivity index (χ3n) is 1.53. The van der Waals surface area contributed by atoms with Gasteiger partial charge in [0.15, 0.2) is 11.6 Å². The average Bonchev–Trinajstić information content (AvgIpc) is 2.11. The first-order valence-electron chi connectivity index (χ1n) is 3.78. The lowest BCUT2D eigenvalue weighted by atomic mass is 10.2. The van der Waals surface area contributed by atoms with Crippen LogP contribution in [0.3, 0.4) is 0 Å². The van der Waals surface area contributed by atoms with E-state index in [0.717, 1.165) is 0 Å². The van der Waals surface area contributed by atoms with Gasteiger partial charge in [-0.3, -0.25) is 4.79 Å². The summed E-state index contributed by atoms with van der Waals surface area (Å²) in [5.74, 6) is -5.46. The monoisotopic (exact) mass is 301 g/mol. The molecule has 1 rings (SSSR count). The van der Waals surface area contributed by atoms with Gasteiger partial charge in [0.25, 0.3) is 0 Å². The van der Waals surface area contributed by atoms with Crippen LogP contribution >= 0.6 is 15.9 Å². The summed E-state index contributed by atoms with van der Waals surface area (Å²) in [7, 11) is 0. The van der Waals surface area contributed by atoms with E-state index in [0.29, 0.717) is 12.1 Å². The summed E-state index contributed by atoms with van der Waals surface area (Å²) in [5, 5.41) is 10.5. The van der Waals surface area contributed by atoms with Crippen LogP contribution in [0, 0.1) is 11.6 Å². The molecule has 88 valence electrons. The molecule has 0 fully saturated rings. The number of hydrogen-bond donors (Lipinski definition) is 2. The van der Waals surface area contributed by atoms with Gasteiger partial charge in [0.05, 0.1) is 5.69 Å². The minimum absolute atomic E-state index is 0.345. The van der Waals surface area contributed by atoms with Crippen LogP contribution in [0.5, 0.6) is 5.75 Å². The molecule has 0 atom stereocenters. The Hall–Kier alpha value is -1.31. The summed E-state index contributed by atoms with van der Waals surface area (Å²) < 4.78 is 50.1. The zero-order valence-electron chi connectivity index (χ0n) is 7.40. The highest BCUT2D eigenvalue weighted by Gasteiger charge is 2.35. The van der Waals surface area contributed by atoms with E-state index in [-0.39, 0.29) is 0 Å². The number of carbonyl (C=O) groups is 1. The van der Waals surface area contributed by atoms with Gasteiger partial charge in [-0.05, 0) is 0 Å². The molecule has 1 aromatic carbocycles. The van der Waals surface area contributed by atoms with Crippen LogP contribution in [0.25, 0.3) is 0 Å². The minimum Gasteiger partial charge on any atom is -0.503 e. The van der Waals surface area contributed by atoms with Crippen molar-refractivity contribution in [1.82, 2.24) is 0 Å². The maximum Gasteiger partial charge on any atom is 0.378 e. The molecule has 0 saturated heterocycles. The van der Waals surface area contributed by atoms with E-state index in [1.54, 1.807) is 15.9 Å². The van der Waals surface area contributed by atoms with Crippen LogP contribution in [0.1, 0.15) is 0 Å². The molecule has 0 unspecified atom stereocenters. The highest BCUT2D eigenvalue weighted by atomic mass is 79.9. The number of rotatable bonds is 2. The van der Waals surface area contributed by atoms with Crippen LogP contribution < -0.4 is 5.32 Å². The number of benzene rings is 1. The number of aromatic hydroxyl groups is 1. The average molecular weight is 302 g/mol. The number of carbonyl (C=O) groups excluding carboxylic acids is 1. The van der Waals surface area contributed by atoms with Crippen molar-refractivity contribution in [2.75, 3.05) is 5.32 Å². The Balaban J connectivity index is 3.03. The fraction of sp³-hybridized carbons (Fsp3) is 0.125. The summed E-state index contributed by atoms with van der Waals surface area (Å²) in [6.07, 6.45) is 0. The molecule has 0 aliphatic carbocycles. The van der Waals surface area contributed by atoms with Gasteiger partial charge in [-0.15, -0.1) is 0 Å². The molecule has 0 radical (unpaired) electrons. The number of hydrogen-bond acceptors (Lipinski definition) is 2. The number of nitrogens with one attached hydrogen (secondary N) is 1. The van der Waals surface area contributed by atoms with Crippen molar-refractivity contribution in [3.63, 3.8) is 0 Å². The van der Waals surface area contributed by atoms with Crippen LogP contribution in [0.15, 0.2) is 12.1 Å². The Morgan fingerprint density at radius 1 is 1.38 bits per heavy atom. The van der Waals surface area contributed by atoms with E-state index in [4.69, 9.17) is 5.11 Å². The zero-order valence-corrected chi connectivity index (χ0v) is 8.99. The van der Waals surface area contributed by atoms with Crippen molar-refractivity contribution in [2.24, 2.45) is 0 Å². The summed E-state index contributed by atoms with van der Waals surface area (Å²) in [6.45, 7) is 0. The number of anilines is 1. The van der Waals surface area contributed by atoms with E-state index in [1.807, 2.05) is 0 Å². The number of alkyl halides is 3.